The number of amides is 2. The first-order valence-corrected chi connectivity index (χ1v) is 6.67. The van der Waals surface area contributed by atoms with E-state index in [4.69, 9.17) is 10.5 Å². The Morgan fingerprint density at radius 3 is 2.20 bits per heavy atom. The number of aryl methyl sites for hydroxylation is 2. The third-order valence-electron chi connectivity index (χ3n) is 3.33. The summed E-state index contributed by atoms with van der Waals surface area (Å²) in [4.78, 5) is 24.4. The fraction of sp³-hybridized carbons (Fsp3) is 0.467. The van der Waals surface area contributed by atoms with E-state index in [1.54, 1.807) is 6.92 Å². The van der Waals surface area contributed by atoms with Crippen LogP contribution >= 0.6 is 0 Å². The van der Waals surface area contributed by atoms with Crippen LogP contribution in [0, 0.1) is 20.8 Å². The third-order valence-corrected chi connectivity index (χ3v) is 3.33. The monoisotopic (exact) mass is 278 g/mol. The molecule has 0 bridgehead atoms. The predicted octanol–water partition coefficient (Wildman–Crippen LogP) is 2.45. The highest BCUT2D eigenvalue weighted by molar-refractivity contribution is 5.91. The molecule has 0 radical (unpaired) electrons. The van der Waals surface area contributed by atoms with Crippen LogP contribution in [-0.2, 0) is 9.53 Å². The molecule has 0 atom stereocenters. The van der Waals surface area contributed by atoms with Crippen LogP contribution in [-0.4, -0.2) is 25.2 Å². The minimum atomic E-state index is -0.572. The lowest BCUT2D eigenvalue weighted by Gasteiger charge is -2.22. The Hall–Kier alpha value is -2.04. The van der Waals surface area contributed by atoms with Crippen LogP contribution in [0.5, 0.6) is 0 Å². The molecular formula is C15H22N2O3. The first kappa shape index (κ1) is 16.0. The van der Waals surface area contributed by atoms with Gasteiger partial charge in [-0.15, -0.1) is 0 Å². The Balaban J connectivity index is 2.92. The second-order valence-electron chi connectivity index (χ2n) is 4.75. The quantitative estimate of drug-likeness (QED) is 0.841. The third kappa shape index (κ3) is 3.98. The maximum absolute atomic E-state index is 11.6. The van der Waals surface area contributed by atoms with Gasteiger partial charge in [0.2, 0.25) is 0 Å². The summed E-state index contributed by atoms with van der Waals surface area (Å²) < 4.78 is 4.86. The lowest BCUT2D eigenvalue weighted by Crippen LogP contribution is -2.37. The molecule has 0 saturated carbocycles. The van der Waals surface area contributed by atoms with E-state index in [0.29, 0.717) is 12.3 Å². The van der Waals surface area contributed by atoms with Crippen molar-refractivity contribution < 1.29 is 14.3 Å². The number of anilines is 1. The van der Waals surface area contributed by atoms with Crippen LogP contribution in [0.15, 0.2) is 12.1 Å². The van der Waals surface area contributed by atoms with Crippen LogP contribution in [0.1, 0.15) is 30.0 Å². The van der Waals surface area contributed by atoms with Gasteiger partial charge >= 0.3 is 12.0 Å². The molecular weight excluding hydrogens is 256 g/mol. The number of esters is 1. The Bertz CT molecular complexity index is 489. The molecule has 2 N–H and O–H groups in total. The second kappa shape index (κ2) is 6.93. The van der Waals surface area contributed by atoms with Crippen molar-refractivity contribution in [2.75, 3.05) is 18.1 Å². The lowest BCUT2D eigenvalue weighted by molar-refractivity contribution is -0.142. The summed E-state index contributed by atoms with van der Waals surface area (Å²) in [6, 6.07) is 3.23. The van der Waals surface area contributed by atoms with Gasteiger partial charge in [-0.2, -0.15) is 0 Å². The summed E-state index contributed by atoms with van der Waals surface area (Å²) in [6.45, 7) is 8.29. The second-order valence-corrected chi connectivity index (χ2v) is 4.75. The number of primary amides is 1. The molecule has 0 aliphatic heterocycles. The molecule has 2 amide bonds. The number of hydrogen-bond donors (Lipinski definition) is 1. The fourth-order valence-electron chi connectivity index (χ4n) is 1.97. The summed E-state index contributed by atoms with van der Waals surface area (Å²) in [5, 5.41) is 0. The predicted molar refractivity (Wildman–Crippen MR) is 78.8 cm³/mol. The lowest BCUT2D eigenvalue weighted by atomic mass is 10.0. The van der Waals surface area contributed by atoms with Crippen molar-refractivity contribution in [3.8, 4) is 0 Å². The first-order chi connectivity index (χ1) is 9.36. The van der Waals surface area contributed by atoms with E-state index >= 15 is 0 Å². The molecule has 1 aromatic rings. The van der Waals surface area contributed by atoms with E-state index in [9.17, 15) is 9.59 Å². The molecule has 0 aliphatic carbocycles. The van der Waals surface area contributed by atoms with Crippen molar-refractivity contribution in [1.29, 1.82) is 0 Å². The molecule has 0 aromatic heterocycles. The molecule has 0 aliphatic rings. The van der Waals surface area contributed by atoms with E-state index in [1.807, 2.05) is 32.9 Å². The number of carbonyl (C=O) groups excluding carboxylic acids is 2. The molecule has 0 unspecified atom stereocenters. The topological polar surface area (TPSA) is 72.6 Å². The maximum Gasteiger partial charge on any atom is 0.319 e. The van der Waals surface area contributed by atoms with Crippen molar-refractivity contribution in [3.63, 3.8) is 0 Å². The van der Waals surface area contributed by atoms with Crippen molar-refractivity contribution in [1.82, 2.24) is 0 Å². The van der Waals surface area contributed by atoms with Gasteiger partial charge in [0.25, 0.3) is 0 Å². The van der Waals surface area contributed by atoms with Crippen molar-refractivity contribution >= 4 is 17.7 Å². The Morgan fingerprint density at radius 1 is 1.20 bits per heavy atom. The average Bonchev–Trinajstić information content (AvgIpc) is 2.36. The van der Waals surface area contributed by atoms with E-state index in [1.165, 1.54) is 10.5 Å². The molecule has 20 heavy (non-hydrogen) atoms. The number of ether oxygens (including phenoxy) is 1. The summed E-state index contributed by atoms with van der Waals surface area (Å²) in [6.07, 6.45) is 0.128. The number of hydrogen-bond acceptors (Lipinski definition) is 3. The molecule has 110 valence electrons. The summed E-state index contributed by atoms with van der Waals surface area (Å²) in [5.74, 6) is -0.334. The zero-order valence-electron chi connectivity index (χ0n) is 12.5. The molecule has 5 nitrogen and oxygen atoms in total. The SMILES string of the molecule is CCOC(=O)CCN(C(N)=O)c1cc(C)c(C)c(C)c1. The van der Waals surface area contributed by atoms with Crippen LogP contribution in [0.3, 0.4) is 0 Å². The molecule has 0 heterocycles. The smallest absolute Gasteiger partial charge is 0.319 e. The fourth-order valence-corrected chi connectivity index (χ4v) is 1.97. The molecule has 5 heteroatoms. The number of rotatable bonds is 5. The van der Waals surface area contributed by atoms with Crippen LogP contribution in [0.2, 0.25) is 0 Å². The van der Waals surface area contributed by atoms with Gasteiger partial charge in [0, 0.05) is 12.2 Å². The van der Waals surface area contributed by atoms with Gasteiger partial charge in [-0.25, -0.2) is 4.79 Å². The van der Waals surface area contributed by atoms with Gasteiger partial charge in [0.1, 0.15) is 0 Å². The maximum atomic E-state index is 11.6. The Kier molecular flexibility index (Phi) is 5.55. The van der Waals surface area contributed by atoms with E-state index in [-0.39, 0.29) is 18.9 Å². The van der Waals surface area contributed by atoms with Crippen molar-refractivity contribution in [3.05, 3.63) is 28.8 Å². The zero-order valence-corrected chi connectivity index (χ0v) is 12.5. The van der Waals surface area contributed by atoms with Gasteiger partial charge in [-0.3, -0.25) is 9.69 Å². The number of carbonyl (C=O) groups is 2. The largest absolute Gasteiger partial charge is 0.466 e. The average molecular weight is 278 g/mol. The summed E-state index contributed by atoms with van der Waals surface area (Å²) in [5.41, 5.74) is 9.47. The van der Waals surface area contributed by atoms with Crippen LogP contribution in [0.25, 0.3) is 0 Å². The Labute approximate surface area is 119 Å². The molecule has 1 rings (SSSR count). The highest BCUT2D eigenvalue weighted by Gasteiger charge is 2.16. The van der Waals surface area contributed by atoms with E-state index < -0.39 is 6.03 Å². The minimum Gasteiger partial charge on any atom is -0.466 e. The van der Waals surface area contributed by atoms with Crippen LogP contribution < -0.4 is 10.6 Å². The number of nitrogens with zero attached hydrogens (tertiary/aromatic N) is 1. The van der Waals surface area contributed by atoms with Crippen molar-refractivity contribution in [2.24, 2.45) is 5.73 Å². The van der Waals surface area contributed by atoms with E-state index in [2.05, 4.69) is 0 Å². The normalized spacial score (nSPS) is 10.2. The van der Waals surface area contributed by atoms with Gasteiger partial charge in [0.15, 0.2) is 0 Å². The van der Waals surface area contributed by atoms with E-state index in [0.717, 1.165) is 11.1 Å². The molecule has 1 aromatic carbocycles. The zero-order chi connectivity index (χ0) is 15.3. The van der Waals surface area contributed by atoms with Crippen LogP contribution in [0.4, 0.5) is 10.5 Å². The standard InChI is InChI=1S/C15H22N2O3/c1-5-20-14(18)6-7-17(15(16)19)13-8-10(2)12(4)11(3)9-13/h8-9H,5-7H2,1-4H3,(H2,16,19). The van der Waals surface area contributed by atoms with Gasteiger partial charge in [-0.05, 0) is 56.5 Å². The number of benzene rings is 1. The number of nitrogens with two attached hydrogens (primary N) is 1. The summed E-state index contributed by atoms with van der Waals surface area (Å²) in [7, 11) is 0. The highest BCUT2D eigenvalue weighted by atomic mass is 16.5. The van der Waals surface area contributed by atoms with Gasteiger partial charge in [-0.1, -0.05) is 0 Å². The minimum absolute atomic E-state index is 0.128. The highest BCUT2D eigenvalue weighted by Crippen LogP contribution is 2.22. The first-order valence-electron chi connectivity index (χ1n) is 6.67. The van der Waals surface area contributed by atoms with Gasteiger partial charge < -0.3 is 10.5 Å². The Morgan fingerprint density at radius 2 is 1.75 bits per heavy atom. The van der Waals surface area contributed by atoms with Crippen molar-refractivity contribution in [2.45, 2.75) is 34.1 Å². The number of urea groups is 1. The molecule has 0 spiro atoms. The summed E-state index contributed by atoms with van der Waals surface area (Å²) >= 11 is 0. The van der Waals surface area contributed by atoms with Gasteiger partial charge in [0.05, 0.1) is 13.0 Å². The molecule has 0 saturated heterocycles. The molecule has 0 fully saturated rings.